The number of alkyl halides is 4. The average molecular weight is 451 g/mol. The summed E-state index contributed by atoms with van der Waals surface area (Å²) in [4.78, 5) is 0. The van der Waals surface area contributed by atoms with Gasteiger partial charge in [0.05, 0.1) is 6.04 Å². The second kappa shape index (κ2) is 8.20. The Bertz CT molecular complexity index is 1020. The number of benzene rings is 2. The van der Waals surface area contributed by atoms with Crippen molar-refractivity contribution in [3.63, 3.8) is 0 Å². The summed E-state index contributed by atoms with van der Waals surface area (Å²) < 4.78 is 101. The molecule has 3 rings (SSSR count). The van der Waals surface area contributed by atoms with Crippen molar-refractivity contribution in [3.8, 4) is 11.1 Å². The van der Waals surface area contributed by atoms with Crippen LogP contribution in [0.4, 0.5) is 26.3 Å². The van der Waals surface area contributed by atoms with E-state index in [0.717, 1.165) is 6.07 Å². The number of halogens is 6. The van der Waals surface area contributed by atoms with E-state index >= 15 is 4.39 Å². The van der Waals surface area contributed by atoms with E-state index in [9.17, 15) is 26.2 Å². The molecule has 1 saturated heterocycles. The molecular weight excluding hydrogens is 432 g/mol. The minimum atomic E-state index is -5.37. The van der Waals surface area contributed by atoms with Crippen molar-refractivity contribution >= 4 is 9.92 Å². The quantitative estimate of drug-likeness (QED) is 0.596. The SMILES string of the molecule is Cc1cc(F)cc(-c2cccc(C[C@@H]3NC[C@H](F)[C@@H]3NS(=N)(=O)C(F)(F)F)c2F)c1. The highest BCUT2D eigenvalue weighted by Crippen LogP contribution is 2.29. The van der Waals surface area contributed by atoms with E-state index in [1.165, 1.54) is 24.3 Å². The Morgan fingerprint density at radius 3 is 2.57 bits per heavy atom. The highest BCUT2D eigenvalue weighted by atomic mass is 32.2. The summed E-state index contributed by atoms with van der Waals surface area (Å²) in [5.74, 6) is -1.26. The van der Waals surface area contributed by atoms with E-state index in [0.29, 0.717) is 5.56 Å². The molecule has 164 valence electrons. The highest BCUT2D eigenvalue weighted by molar-refractivity contribution is 7.91. The zero-order valence-corrected chi connectivity index (χ0v) is 16.5. The van der Waals surface area contributed by atoms with Gasteiger partial charge in [-0.25, -0.2) is 26.9 Å². The molecule has 0 aromatic heterocycles. The van der Waals surface area contributed by atoms with Crippen LogP contribution in [0.3, 0.4) is 0 Å². The van der Waals surface area contributed by atoms with Crippen LogP contribution in [0, 0.1) is 23.3 Å². The molecule has 1 fully saturated rings. The van der Waals surface area contributed by atoms with Gasteiger partial charge in [-0.15, -0.1) is 0 Å². The van der Waals surface area contributed by atoms with Crippen LogP contribution in [-0.2, 0) is 16.3 Å². The predicted octanol–water partition coefficient (Wildman–Crippen LogP) is 4.23. The lowest BCUT2D eigenvalue weighted by Crippen LogP contribution is -2.50. The molecule has 0 spiro atoms. The van der Waals surface area contributed by atoms with Gasteiger partial charge in [-0.05, 0) is 42.2 Å². The molecule has 4 nitrogen and oxygen atoms in total. The van der Waals surface area contributed by atoms with Gasteiger partial charge in [-0.2, -0.15) is 13.2 Å². The summed E-state index contributed by atoms with van der Waals surface area (Å²) in [5, 5.41) is 2.64. The molecule has 4 atom stereocenters. The molecule has 0 amide bonds. The Morgan fingerprint density at radius 1 is 1.23 bits per heavy atom. The van der Waals surface area contributed by atoms with Crippen molar-refractivity contribution in [2.75, 3.05) is 6.54 Å². The Hall–Kier alpha value is -2.11. The van der Waals surface area contributed by atoms with Gasteiger partial charge in [0, 0.05) is 18.2 Å². The van der Waals surface area contributed by atoms with Gasteiger partial charge in [0.25, 0.3) is 0 Å². The van der Waals surface area contributed by atoms with E-state index in [1.54, 1.807) is 17.7 Å². The molecule has 30 heavy (non-hydrogen) atoms. The lowest BCUT2D eigenvalue weighted by molar-refractivity contribution is -0.0422. The Labute approximate surface area is 169 Å². The number of hydrogen-bond donors (Lipinski definition) is 3. The summed E-state index contributed by atoms with van der Waals surface area (Å²) >= 11 is 0. The van der Waals surface area contributed by atoms with Crippen molar-refractivity contribution in [2.24, 2.45) is 0 Å². The highest BCUT2D eigenvalue weighted by Gasteiger charge is 2.47. The standard InChI is InChI=1S/C19H19F6N3OS/c1-10-5-12(7-13(20)6-10)14-4-2-3-11(17(14)22)8-16-18(15(21)9-27-16)28-30(26,29)19(23,24)25/h2-7,15-16,18,27H,8-9H2,1H3,(H2,26,28,29)/t15-,16-,18-,30?/m0/s1. The number of nitrogens with one attached hydrogen (secondary N) is 3. The van der Waals surface area contributed by atoms with Gasteiger partial charge < -0.3 is 5.32 Å². The molecule has 0 aliphatic carbocycles. The van der Waals surface area contributed by atoms with Crippen molar-refractivity contribution in [3.05, 3.63) is 59.2 Å². The molecule has 11 heteroatoms. The monoisotopic (exact) mass is 451 g/mol. The zero-order valence-electron chi connectivity index (χ0n) is 15.7. The third kappa shape index (κ3) is 4.62. The predicted molar refractivity (Wildman–Crippen MR) is 101 cm³/mol. The van der Waals surface area contributed by atoms with Gasteiger partial charge in [-0.1, -0.05) is 24.3 Å². The van der Waals surface area contributed by atoms with Crippen molar-refractivity contribution in [1.82, 2.24) is 10.0 Å². The van der Waals surface area contributed by atoms with Crippen LogP contribution in [0.15, 0.2) is 36.4 Å². The Balaban J connectivity index is 1.88. The van der Waals surface area contributed by atoms with Gasteiger partial charge >= 0.3 is 5.51 Å². The molecular formula is C19H19F6N3OS. The van der Waals surface area contributed by atoms with Gasteiger partial charge in [0.15, 0.2) is 0 Å². The fourth-order valence-corrected chi connectivity index (χ4v) is 4.30. The first-order valence-electron chi connectivity index (χ1n) is 8.94. The molecule has 3 N–H and O–H groups in total. The number of rotatable bonds is 5. The Morgan fingerprint density at radius 2 is 1.93 bits per heavy atom. The first-order valence-corrected chi connectivity index (χ1v) is 10.5. The minimum Gasteiger partial charge on any atom is -0.309 e. The summed E-state index contributed by atoms with van der Waals surface area (Å²) in [6, 6.07) is 5.71. The van der Waals surface area contributed by atoms with E-state index in [1.807, 2.05) is 0 Å². The van der Waals surface area contributed by atoms with Crippen LogP contribution in [0.2, 0.25) is 0 Å². The van der Waals surface area contributed by atoms with Crippen LogP contribution in [0.1, 0.15) is 11.1 Å². The van der Waals surface area contributed by atoms with Crippen LogP contribution in [0.25, 0.3) is 11.1 Å². The van der Waals surface area contributed by atoms with Crippen LogP contribution in [-0.4, -0.2) is 34.5 Å². The maximum atomic E-state index is 15.1. The zero-order chi connectivity index (χ0) is 22.3. The number of aryl methyl sites for hydroxylation is 1. The minimum absolute atomic E-state index is 0.0660. The summed E-state index contributed by atoms with van der Waals surface area (Å²) in [6.07, 6.45) is -2.07. The summed E-state index contributed by atoms with van der Waals surface area (Å²) in [7, 11) is -5.28. The average Bonchev–Trinajstić information content (AvgIpc) is 2.94. The van der Waals surface area contributed by atoms with Gasteiger partial charge in [0.1, 0.15) is 17.8 Å². The first kappa shape index (κ1) is 22.6. The second-order valence-electron chi connectivity index (χ2n) is 7.18. The molecule has 1 unspecified atom stereocenters. The van der Waals surface area contributed by atoms with E-state index < -0.39 is 45.3 Å². The molecule has 1 heterocycles. The van der Waals surface area contributed by atoms with Gasteiger partial charge in [0.2, 0.25) is 9.92 Å². The molecule has 2 aromatic carbocycles. The second-order valence-corrected chi connectivity index (χ2v) is 8.99. The van der Waals surface area contributed by atoms with Gasteiger partial charge in [-0.3, -0.25) is 0 Å². The molecule has 1 aliphatic rings. The van der Waals surface area contributed by atoms with Crippen LogP contribution in [0.5, 0.6) is 0 Å². The molecule has 2 aromatic rings. The third-order valence-corrected chi connectivity index (χ3v) is 6.15. The topological polar surface area (TPSA) is 65.0 Å². The third-order valence-electron chi connectivity index (χ3n) is 4.90. The lowest BCUT2D eigenvalue weighted by atomic mass is 9.95. The van der Waals surface area contributed by atoms with Crippen LogP contribution < -0.4 is 10.0 Å². The summed E-state index contributed by atoms with van der Waals surface area (Å²) in [6.45, 7) is 1.31. The smallest absolute Gasteiger partial charge is 0.309 e. The summed E-state index contributed by atoms with van der Waals surface area (Å²) in [5.41, 5.74) is -4.35. The molecule has 0 radical (unpaired) electrons. The normalized spacial score (nSPS) is 24.0. The van der Waals surface area contributed by atoms with Crippen molar-refractivity contribution in [1.29, 1.82) is 4.78 Å². The maximum absolute atomic E-state index is 15.1. The largest absolute Gasteiger partial charge is 0.492 e. The maximum Gasteiger partial charge on any atom is 0.492 e. The van der Waals surface area contributed by atoms with Crippen LogP contribution >= 0.6 is 0 Å². The lowest BCUT2D eigenvalue weighted by Gasteiger charge is -2.24. The van der Waals surface area contributed by atoms with Crippen molar-refractivity contribution < 1.29 is 30.6 Å². The fraction of sp³-hybridized carbons (Fsp3) is 0.368. The number of hydrogen-bond acceptors (Lipinski definition) is 3. The Kier molecular flexibility index (Phi) is 6.17. The van der Waals surface area contributed by atoms with E-state index in [2.05, 4.69) is 5.32 Å². The molecule has 0 saturated carbocycles. The molecule has 1 aliphatic heterocycles. The first-order chi connectivity index (χ1) is 13.9. The van der Waals surface area contributed by atoms with Crippen molar-refractivity contribution in [2.45, 2.75) is 37.1 Å². The van der Waals surface area contributed by atoms with E-state index in [4.69, 9.17) is 4.78 Å². The molecule has 0 bridgehead atoms. The van der Waals surface area contributed by atoms with E-state index in [-0.39, 0.29) is 29.7 Å². The fourth-order valence-electron chi connectivity index (χ4n) is 3.47.